The number of hydrogen-bond acceptors (Lipinski definition) is 9. The zero-order valence-corrected chi connectivity index (χ0v) is 28.0. The molecule has 0 spiro atoms. The maximum absolute atomic E-state index is 14.4. The molecule has 49 heavy (non-hydrogen) atoms. The molecule has 2 aromatic carbocycles. The number of halogens is 1. The second-order valence-corrected chi connectivity index (χ2v) is 16.1. The van der Waals surface area contributed by atoms with E-state index in [0.29, 0.717) is 42.5 Å². The molecule has 1 aromatic heterocycles. The largest absolute Gasteiger partial charge is 0.445 e. The van der Waals surface area contributed by atoms with Gasteiger partial charge in [0.1, 0.15) is 35.1 Å². The van der Waals surface area contributed by atoms with Gasteiger partial charge in [0.2, 0.25) is 21.8 Å². The van der Waals surface area contributed by atoms with Gasteiger partial charge in [-0.3, -0.25) is 19.1 Å². The lowest BCUT2D eigenvalue weighted by atomic mass is 10.0. The van der Waals surface area contributed by atoms with E-state index in [9.17, 15) is 27.2 Å². The first-order valence-electron chi connectivity index (χ1n) is 16.9. The van der Waals surface area contributed by atoms with Crippen molar-refractivity contribution >= 4 is 44.5 Å². The highest BCUT2D eigenvalue weighted by atomic mass is 32.2. The fraction of sp³-hybridized carbons (Fsp3) is 0.486. The first kappa shape index (κ1) is 33.1. The molecule has 3 N–H and O–H groups in total. The van der Waals surface area contributed by atoms with Crippen molar-refractivity contribution in [3.63, 3.8) is 0 Å². The normalized spacial score (nSPS) is 29.1. The van der Waals surface area contributed by atoms with E-state index in [1.165, 1.54) is 17.0 Å². The number of oxazole rings is 1. The Bertz CT molecular complexity index is 1880. The Balaban J connectivity index is 1.18. The van der Waals surface area contributed by atoms with E-state index in [1.807, 2.05) is 18.2 Å². The lowest BCUT2D eigenvalue weighted by Crippen LogP contribution is -2.58. The number of sulfonamides is 1. The number of benzene rings is 2. The zero-order chi connectivity index (χ0) is 34.4. The number of ether oxygens (including phenoxy) is 1. The Hall–Kier alpha value is -4.46. The van der Waals surface area contributed by atoms with Crippen LogP contribution in [0.4, 0.5) is 10.1 Å². The summed E-state index contributed by atoms with van der Waals surface area (Å²) in [4.78, 5) is 48.1. The molecule has 260 valence electrons. The summed E-state index contributed by atoms with van der Waals surface area (Å²) in [6.07, 6.45) is 7.83. The van der Waals surface area contributed by atoms with Crippen LogP contribution in [0.1, 0.15) is 64.7 Å². The molecular weight excluding hydrogens is 653 g/mol. The summed E-state index contributed by atoms with van der Waals surface area (Å²) in [5.74, 6) is -2.63. The van der Waals surface area contributed by atoms with Crippen LogP contribution in [0, 0.1) is 11.7 Å². The quantitative estimate of drug-likeness (QED) is 0.309. The second kappa shape index (κ2) is 12.8. The minimum Gasteiger partial charge on any atom is -0.445 e. The van der Waals surface area contributed by atoms with Crippen LogP contribution >= 0.6 is 0 Å². The van der Waals surface area contributed by atoms with Crippen molar-refractivity contribution in [1.29, 1.82) is 0 Å². The molecule has 12 nitrogen and oxygen atoms in total. The van der Waals surface area contributed by atoms with Gasteiger partial charge in [-0.1, -0.05) is 43.2 Å². The molecule has 3 aromatic rings. The molecule has 0 radical (unpaired) electrons. The molecule has 3 heterocycles. The third-order valence-corrected chi connectivity index (χ3v) is 12.3. The van der Waals surface area contributed by atoms with Crippen molar-refractivity contribution in [2.45, 2.75) is 93.2 Å². The van der Waals surface area contributed by atoms with Crippen LogP contribution in [0.3, 0.4) is 0 Å². The zero-order valence-electron chi connectivity index (χ0n) is 27.2. The number of hydrogen-bond donors (Lipinski definition) is 3. The smallest absolute Gasteiger partial charge is 0.394 e. The van der Waals surface area contributed by atoms with E-state index >= 15 is 0 Å². The van der Waals surface area contributed by atoms with Crippen molar-refractivity contribution in [1.82, 2.24) is 19.9 Å². The molecule has 2 aliphatic heterocycles. The highest BCUT2D eigenvalue weighted by molar-refractivity contribution is 7.91. The van der Waals surface area contributed by atoms with Crippen LogP contribution in [0.15, 0.2) is 65.1 Å². The van der Waals surface area contributed by atoms with Crippen LogP contribution in [0.25, 0.3) is 11.1 Å². The van der Waals surface area contributed by atoms with E-state index in [2.05, 4.69) is 20.3 Å². The van der Waals surface area contributed by atoms with Gasteiger partial charge in [-0.25, -0.2) is 12.8 Å². The predicted octanol–water partition coefficient (Wildman–Crippen LogP) is 4.19. The van der Waals surface area contributed by atoms with Crippen molar-refractivity contribution < 1.29 is 36.3 Å². The molecule has 0 bridgehead atoms. The molecule has 7 rings (SSSR count). The van der Waals surface area contributed by atoms with Crippen LogP contribution in [0.5, 0.6) is 6.08 Å². The van der Waals surface area contributed by atoms with E-state index in [-0.39, 0.29) is 31.4 Å². The van der Waals surface area contributed by atoms with Crippen molar-refractivity contribution in [3.05, 3.63) is 66.5 Å². The number of rotatable bonds is 7. The maximum Gasteiger partial charge on any atom is 0.394 e. The molecule has 14 heteroatoms. The number of anilines is 1. The summed E-state index contributed by atoms with van der Waals surface area (Å²) in [6.45, 7) is 1.61. The Morgan fingerprint density at radius 3 is 2.71 bits per heavy atom. The molecule has 5 atom stereocenters. The summed E-state index contributed by atoms with van der Waals surface area (Å²) >= 11 is 0. The molecule has 2 saturated carbocycles. The highest BCUT2D eigenvalue weighted by Crippen LogP contribution is 2.47. The molecule has 0 unspecified atom stereocenters. The average Bonchev–Trinajstić information content (AvgIpc) is 3.87. The van der Waals surface area contributed by atoms with Crippen molar-refractivity contribution in [2.75, 3.05) is 11.9 Å². The molecule has 2 aliphatic carbocycles. The van der Waals surface area contributed by atoms with Crippen molar-refractivity contribution in [2.24, 2.45) is 5.92 Å². The van der Waals surface area contributed by atoms with E-state index in [0.717, 1.165) is 19.3 Å². The van der Waals surface area contributed by atoms with Crippen LogP contribution in [0.2, 0.25) is 0 Å². The molecule has 3 amide bonds. The molecule has 3 fully saturated rings. The number of allylic oxidation sites excluding steroid dienone is 1. The summed E-state index contributed by atoms with van der Waals surface area (Å²) in [6, 6.07) is 11.2. The maximum atomic E-state index is 14.4. The molecular formula is C35H40FN5O7S. The third kappa shape index (κ3) is 6.75. The summed E-state index contributed by atoms with van der Waals surface area (Å²) in [5.41, 5.74) is 0.0588. The number of para-hydroxylation sites is 2. The topological polar surface area (TPSA) is 160 Å². The van der Waals surface area contributed by atoms with Gasteiger partial charge < -0.3 is 24.7 Å². The third-order valence-electron chi connectivity index (χ3n) is 10.2. The Labute approximate surface area is 283 Å². The Morgan fingerprint density at radius 2 is 1.94 bits per heavy atom. The average molecular weight is 694 g/mol. The fourth-order valence-corrected chi connectivity index (χ4v) is 8.08. The van der Waals surface area contributed by atoms with Gasteiger partial charge in [-0.2, -0.15) is 4.98 Å². The van der Waals surface area contributed by atoms with Gasteiger partial charge in [-0.05, 0) is 75.8 Å². The summed E-state index contributed by atoms with van der Waals surface area (Å²) < 4.78 is 53.3. The minimum absolute atomic E-state index is 0.00162. The van der Waals surface area contributed by atoms with Crippen LogP contribution in [-0.2, 0) is 24.4 Å². The SMILES string of the molecule is CC1(S(=O)(=O)NC(=O)[C@@]23C[C@@H]2/C=C\CCCCC[C@H](Nc2cccc(F)c2)C(=O)N2C[C@H](Oc4nc5ccccc5o4)C[C@H]2C(=O)N3)CC1. The highest BCUT2D eigenvalue weighted by Gasteiger charge is 2.63. The number of carbonyl (C=O) groups excluding carboxylic acids is 3. The Kier molecular flexibility index (Phi) is 8.62. The standard InChI is InChI=1S/C35H40FN5O7S/c1-34(16-17-34)49(45,46)40-32(44)35-20-22(35)10-5-3-2-4-6-14-27(37-24-12-9-11-23(36)18-24)31(43)41-21-25(19-28(41)30(42)39-35)47-33-38-26-13-7-8-15-29(26)48-33/h5,7-13,15,18,22,25,27-28,37H,2-4,6,14,16-17,19-21H2,1H3,(H,39,42)(H,40,44)/b10-5-/t22-,25+,27-,28-,35+/m0/s1. The van der Waals surface area contributed by atoms with Gasteiger partial charge in [0.15, 0.2) is 5.58 Å². The number of nitrogens with one attached hydrogen (secondary N) is 3. The first-order chi connectivity index (χ1) is 23.5. The summed E-state index contributed by atoms with van der Waals surface area (Å²) in [5, 5.41) is 6.06. The van der Waals surface area contributed by atoms with Gasteiger partial charge in [0, 0.05) is 18.0 Å². The minimum atomic E-state index is -3.96. The van der Waals surface area contributed by atoms with Crippen LogP contribution in [-0.4, -0.2) is 71.0 Å². The Morgan fingerprint density at radius 1 is 1.12 bits per heavy atom. The molecule has 1 saturated heterocycles. The van der Waals surface area contributed by atoms with Crippen molar-refractivity contribution in [3.8, 4) is 6.08 Å². The van der Waals surface area contributed by atoms with Gasteiger partial charge in [0.25, 0.3) is 5.91 Å². The lowest BCUT2D eigenvalue weighted by Gasteiger charge is -2.30. The first-order valence-corrected chi connectivity index (χ1v) is 18.3. The number of aromatic nitrogens is 1. The fourth-order valence-electron chi connectivity index (χ4n) is 6.77. The number of fused-ring (bicyclic) bond motifs is 3. The lowest BCUT2D eigenvalue weighted by molar-refractivity contribution is -0.140. The van der Waals surface area contributed by atoms with E-state index in [4.69, 9.17) is 9.15 Å². The number of nitrogens with zero attached hydrogens (tertiary/aromatic N) is 2. The number of carbonyl (C=O) groups is 3. The van der Waals surface area contributed by atoms with E-state index < -0.39 is 62.0 Å². The van der Waals surface area contributed by atoms with Gasteiger partial charge >= 0.3 is 6.08 Å². The van der Waals surface area contributed by atoms with Gasteiger partial charge in [0.05, 0.1) is 11.3 Å². The van der Waals surface area contributed by atoms with Gasteiger partial charge in [-0.15, -0.1) is 0 Å². The predicted molar refractivity (Wildman–Crippen MR) is 178 cm³/mol. The monoisotopic (exact) mass is 693 g/mol. The van der Waals surface area contributed by atoms with Crippen LogP contribution < -0.4 is 20.1 Å². The summed E-state index contributed by atoms with van der Waals surface area (Å²) in [7, 11) is -3.96. The number of amides is 3. The van der Waals surface area contributed by atoms with E-state index in [1.54, 1.807) is 37.3 Å². The molecule has 4 aliphatic rings. The second-order valence-electron chi connectivity index (χ2n) is 13.9.